The molecule has 1 saturated carbocycles. The summed E-state index contributed by atoms with van der Waals surface area (Å²) in [6.07, 6.45) is 6.73. The van der Waals surface area contributed by atoms with Crippen molar-refractivity contribution in [3.8, 4) is 0 Å². The van der Waals surface area contributed by atoms with Crippen molar-refractivity contribution in [2.75, 3.05) is 13.7 Å². The summed E-state index contributed by atoms with van der Waals surface area (Å²) in [5.74, 6) is -2.45. The smallest absolute Gasteiger partial charge is 0.385 e. The molecule has 1 aliphatic heterocycles. The molecule has 1 aromatic heterocycles. The van der Waals surface area contributed by atoms with Crippen molar-refractivity contribution in [2.24, 2.45) is 13.0 Å². The fourth-order valence-electron chi connectivity index (χ4n) is 4.44. The van der Waals surface area contributed by atoms with Crippen LogP contribution < -0.4 is 5.32 Å². The number of ether oxygens (including phenoxy) is 2. The Bertz CT molecular complexity index is 955. The Morgan fingerprint density at radius 2 is 1.81 bits per heavy atom. The van der Waals surface area contributed by atoms with E-state index in [1.807, 2.05) is 0 Å². The van der Waals surface area contributed by atoms with Gasteiger partial charge in [0, 0.05) is 18.4 Å². The molecule has 1 aromatic rings. The summed E-state index contributed by atoms with van der Waals surface area (Å²) < 4.78 is 12.0. The van der Waals surface area contributed by atoms with E-state index in [1.54, 1.807) is 20.9 Å². The molecule has 0 amide bonds. The zero-order chi connectivity index (χ0) is 22.7. The number of hydrogen-bond donors (Lipinski definition) is 1. The minimum absolute atomic E-state index is 0.115. The van der Waals surface area contributed by atoms with Crippen LogP contribution in [0.1, 0.15) is 57.6 Å². The number of imidazole rings is 1. The topological polar surface area (TPSA) is 126 Å². The first-order chi connectivity index (χ1) is 14.8. The van der Waals surface area contributed by atoms with Gasteiger partial charge in [-0.15, -0.1) is 0 Å². The minimum atomic E-state index is -1.04. The lowest BCUT2D eigenvalue weighted by Gasteiger charge is -2.30. The third-order valence-corrected chi connectivity index (χ3v) is 5.97. The zero-order valence-corrected chi connectivity index (χ0v) is 18.3. The molecule has 3 rings (SSSR count). The van der Waals surface area contributed by atoms with Crippen LogP contribution in [0.4, 0.5) is 5.82 Å². The molecular formula is C21H28N4O6. The molecule has 2 aliphatic rings. The van der Waals surface area contributed by atoms with Crippen LogP contribution in [-0.2, 0) is 26.1 Å². The molecule has 1 N–H and O–H groups in total. The van der Waals surface area contributed by atoms with Crippen molar-refractivity contribution in [2.45, 2.75) is 51.9 Å². The van der Waals surface area contributed by atoms with Crippen molar-refractivity contribution < 1.29 is 24.0 Å². The lowest BCUT2D eigenvalue weighted by Crippen LogP contribution is -2.33. The zero-order valence-electron chi connectivity index (χ0n) is 18.3. The first kappa shape index (κ1) is 22.5. The Morgan fingerprint density at radius 1 is 1.19 bits per heavy atom. The van der Waals surface area contributed by atoms with E-state index in [0.717, 1.165) is 25.7 Å². The third-order valence-electron chi connectivity index (χ3n) is 5.97. The van der Waals surface area contributed by atoms with E-state index in [9.17, 15) is 19.7 Å². The first-order valence-electron chi connectivity index (χ1n) is 10.4. The van der Waals surface area contributed by atoms with Gasteiger partial charge in [0.2, 0.25) is 6.33 Å². The summed E-state index contributed by atoms with van der Waals surface area (Å²) in [7, 11) is 2.81. The Balaban J connectivity index is 2.04. The SMILES string of the molecule is COC(=O)C1=C(C)NC(C)=C(C(=O)OCC2CCCCC2)C1c1c([N+](=O)[O-])ncn1C. The monoisotopic (exact) mass is 432 g/mol. The van der Waals surface area contributed by atoms with Crippen LogP contribution in [0.2, 0.25) is 0 Å². The molecule has 10 heteroatoms. The maximum absolute atomic E-state index is 13.2. The number of allylic oxidation sites excluding steroid dienone is 2. The van der Waals surface area contributed by atoms with Gasteiger partial charge in [-0.2, -0.15) is 0 Å². The van der Waals surface area contributed by atoms with Gasteiger partial charge in [0.25, 0.3) is 0 Å². The van der Waals surface area contributed by atoms with Gasteiger partial charge in [-0.1, -0.05) is 19.3 Å². The molecule has 2 heterocycles. The van der Waals surface area contributed by atoms with Crippen LogP contribution in [0, 0.1) is 16.0 Å². The van der Waals surface area contributed by atoms with Crippen molar-refractivity contribution in [3.05, 3.63) is 44.7 Å². The highest BCUT2D eigenvalue weighted by atomic mass is 16.6. The van der Waals surface area contributed by atoms with Crippen LogP contribution in [-0.4, -0.2) is 40.1 Å². The van der Waals surface area contributed by atoms with E-state index in [1.165, 1.54) is 24.4 Å². The number of hydrogen-bond acceptors (Lipinski definition) is 8. The van der Waals surface area contributed by atoms with E-state index >= 15 is 0 Å². The largest absolute Gasteiger partial charge is 0.466 e. The number of rotatable bonds is 6. The van der Waals surface area contributed by atoms with Gasteiger partial charge in [-0.05, 0) is 42.5 Å². The molecule has 1 atom stereocenters. The number of carbonyl (C=O) groups excluding carboxylic acids is 2. The lowest BCUT2D eigenvalue weighted by molar-refractivity contribution is -0.390. The van der Waals surface area contributed by atoms with E-state index in [4.69, 9.17) is 9.47 Å². The molecule has 0 radical (unpaired) electrons. The highest BCUT2D eigenvalue weighted by molar-refractivity contribution is 6.00. The normalized spacial score (nSPS) is 19.8. The van der Waals surface area contributed by atoms with Crippen LogP contribution in [0.25, 0.3) is 0 Å². The molecule has 31 heavy (non-hydrogen) atoms. The third kappa shape index (κ3) is 4.47. The molecule has 1 aliphatic carbocycles. The molecule has 10 nitrogen and oxygen atoms in total. The maximum atomic E-state index is 13.2. The summed E-state index contributed by atoms with van der Waals surface area (Å²) in [4.78, 5) is 40.8. The number of esters is 2. The predicted molar refractivity (Wildman–Crippen MR) is 111 cm³/mol. The van der Waals surface area contributed by atoms with Gasteiger partial charge in [0.1, 0.15) is 5.69 Å². The van der Waals surface area contributed by atoms with Crippen LogP contribution in [0.15, 0.2) is 28.9 Å². The molecular weight excluding hydrogens is 404 g/mol. The number of nitrogens with one attached hydrogen (secondary N) is 1. The molecule has 0 bridgehead atoms. The van der Waals surface area contributed by atoms with Gasteiger partial charge in [0.15, 0.2) is 0 Å². The second-order valence-corrected chi connectivity index (χ2v) is 8.05. The van der Waals surface area contributed by atoms with Gasteiger partial charge in [-0.3, -0.25) is 0 Å². The van der Waals surface area contributed by atoms with Crippen LogP contribution in [0.3, 0.4) is 0 Å². The number of methoxy groups -OCH3 is 1. The maximum Gasteiger partial charge on any atom is 0.385 e. The summed E-state index contributed by atoms with van der Waals surface area (Å²) in [6.45, 7) is 3.63. The molecule has 1 fully saturated rings. The summed E-state index contributed by atoms with van der Waals surface area (Å²) in [5.41, 5.74) is 1.31. The number of aromatic nitrogens is 2. The van der Waals surface area contributed by atoms with Crippen LogP contribution in [0.5, 0.6) is 0 Å². The predicted octanol–water partition coefficient (Wildman–Crippen LogP) is 2.86. The standard InChI is InChI=1S/C21H28N4O6/c1-12-15(20(26)30-4)17(18-19(25(28)29)22-11-24(18)3)16(13(2)23-12)21(27)31-10-14-8-6-5-7-9-14/h11,14,17,23H,5-10H2,1-4H3. The van der Waals surface area contributed by atoms with E-state index < -0.39 is 28.6 Å². The minimum Gasteiger partial charge on any atom is -0.466 e. The van der Waals surface area contributed by atoms with Gasteiger partial charge >= 0.3 is 17.8 Å². The fraction of sp³-hybridized carbons (Fsp3) is 0.571. The number of aryl methyl sites for hydroxylation is 1. The number of nitro groups is 1. The van der Waals surface area contributed by atoms with E-state index in [0.29, 0.717) is 17.3 Å². The second-order valence-electron chi connectivity index (χ2n) is 8.05. The van der Waals surface area contributed by atoms with Crippen molar-refractivity contribution in [3.63, 3.8) is 0 Å². The van der Waals surface area contributed by atoms with E-state index in [-0.39, 0.29) is 23.4 Å². The highest BCUT2D eigenvalue weighted by Gasteiger charge is 2.43. The average Bonchev–Trinajstić information content (AvgIpc) is 3.13. The second kappa shape index (κ2) is 9.32. The highest BCUT2D eigenvalue weighted by Crippen LogP contribution is 2.42. The van der Waals surface area contributed by atoms with Crippen molar-refractivity contribution >= 4 is 17.8 Å². The molecule has 0 spiro atoms. The van der Waals surface area contributed by atoms with Crippen molar-refractivity contribution in [1.29, 1.82) is 0 Å². The Kier molecular flexibility index (Phi) is 6.77. The molecule has 168 valence electrons. The van der Waals surface area contributed by atoms with Gasteiger partial charge in [-0.25, -0.2) is 9.59 Å². The molecule has 0 aromatic carbocycles. The quantitative estimate of drug-likeness (QED) is 0.413. The summed E-state index contributed by atoms with van der Waals surface area (Å²) in [6, 6.07) is 0. The number of nitrogens with zero attached hydrogens (tertiary/aromatic N) is 3. The van der Waals surface area contributed by atoms with Gasteiger partial charge < -0.3 is 29.5 Å². The summed E-state index contributed by atoms with van der Waals surface area (Å²) in [5, 5.41) is 14.7. The average molecular weight is 432 g/mol. The number of carbonyl (C=O) groups is 2. The first-order valence-corrected chi connectivity index (χ1v) is 10.4. The van der Waals surface area contributed by atoms with Gasteiger partial charge in [0.05, 0.1) is 30.8 Å². The fourth-order valence-corrected chi connectivity index (χ4v) is 4.44. The Morgan fingerprint density at radius 3 is 2.39 bits per heavy atom. The molecule has 0 saturated heterocycles. The Hall–Kier alpha value is -3.17. The van der Waals surface area contributed by atoms with E-state index in [2.05, 4.69) is 10.3 Å². The summed E-state index contributed by atoms with van der Waals surface area (Å²) >= 11 is 0. The van der Waals surface area contributed by atoms with Crippen LogP contribution >= 0.6 is 0 Å². The lowest BCUT2D eigenvalue weighted by atomic mass is 9.82. The molecule has 1 unspecified atom stereocenters. The Labute approximate surface area is 180 Å². The number of dihydropyridines is 1. The van der Waals surface area contributed by atoms with Crippen molar-refractivity contribution in [1.82, 2.24) is 14.9 Å².